The number of anilines is 1. The molecule has 2 amide bonds. The number of hydrazone groups is 1. The van der Waals surface area contributed by atoms with Crippen molar-refractivity contribution in [3.63, 3.8) is 0 Å². The molecule has 0 saturated heterocycles. The molecule has 40 heavy (non-hydrogen) atoms. The molecule has 0 saturated carbocycles. The van der Waals surface area contributed by atoms with Gasteiger partial charge in [0.1, 0.15) is 16.5 Å². The summed E-state index contributed by atoms with van der Waals surface area (Å²) in [5.74, 6) is 0.506. The van der Waals surface area contributed by atoms with E-state index in [2.05, 4.69) is 22.8 Å². The third kappa shape index (κ3) is 7.06. The van der Waals surface area contributed by atoms with Gasteiger partial charge in [0.2, 0.25) is 0 Å². The highest BCUT2D eigenvalue weighted by Crippen LogP contribution is 2.40. The van der Waals surface area contributed by atoms with Gasteiger partial charge in [-0.3, -0.25) is 9.59 Å². The first-order valence-corrected chi connectivity index (χ1v) is 14.0. The van der Waals surface area contributed by atoms with Crippen LogP contribution in [0.5, 0.6) is 11.5 Å². The lowest BCUT2D eigenvalue weighted by molar-refractivity contribution is -0.127. The Bertz CT molecular complexity index is 1380. The molecule has 1 aliphatic carbocycles. The normalized spacial score (nSPS) is 15.2. The molecule has 3 aromatic rings. The van der Waals surface area contributed by atoms with Gasteiger partial charge in [-0.25, -0.2) is 10.2 Å². The molecule has 10 heteroatoms. The number of hydrogen-bond donors (Lipinski definition) is 2. The van der Waals surface area contributed by atoms with E-state index in [4.69, 9.17) is 14.2 Å². The van der Waals surface area contributed by atoms with Crippen LogP contribution in [0.3, 0.4) is 0 Å². The molecule has 0 radical (unpaired) electrons. The average Bonchev–Trinajstić information content (AvgIpc) is 3.30. The number of thiophene rings is 1. The summed E-state index contributed by atoms with van der Waals surface area (Å²) >= 11 is 1.45. The van der Waals surface area contributed by atoms with Crippen LogP contribution in [-0.2, 0) is 22.4 Å². The molecule has 1 aromatic heterocycles. The van der Waals surface area contributed by atoms with Crippen molar-refractivity contribution >= 4 is 40.3 Å². The highest BCUT2D eigenvalue weighted by molar-refractivity contribution is 7.17. The van der Waals surface area contributed by atoms with Crippen LogP contribution in [0.4, 0.5) is 5.00 Å². The van der Waals surface area contributed by atoms with Crippen molar-refractivity contribution in [1.82, 2.24) is 5.43 Å². The number of benzene rings is 2. The molecule has 0 spiro atoms. The van der Waals surface area contributed by atoms with Gasteiger partial charge in [-0.05, 0) is 98.7 Å². The van der Waals surface area contributed by atoms with E-state index in [0.717, 1.165) is 41.0 Å². The Labute approximate surface area is 237 Å². The summed E-state index contributed by atoms with van der Waals surface area (Å²) in [5.41, 5.74) is 5.11. The quantitative estimate of drug-likeness (QED) is 0.198. The van der Waals surface area contributed by atoms with Gasteiger partial charge in [0.25, 0.3) is 11.8 Å². The maximum Gasteiger partial charge on any atom is 0.341 e. The smallest absolute Gasteiger partial charge is 0.341 e. The molecule has 9 nitrogen and oxygen atoms in total. The summed E-state index contributed by atoms with van der Waals surface area (Å²) < 4.78 is 16.1. The van der Waals surface area contributed by atoms with Gasteiger partial charge in [-0.2, -0.15) is 5.10 Å². The van der Waals surface area contributed by atoms with E-state index < -0.39 is 18.0 Å². The van der Waals surface area contributed by atoms with Crippen LogP contribution in [0.25, 0.3) is 0 Å². The summed E-state index contributed by atoms with van der Waals surface area (Å²) in [7, 11) is 1.59. The van der Waals surface area contributed by atoms with Crippen molar-refractivity contribution in [1.29, 1.82) is 0 Å². The number of amides is 2. The van der Waals surface area contributed by atoms with Gasteiger partial charge in [0.15, 0.2) is 6.10 Å². The minimum Gasteiger partial charge on any atom is -0.497 e. The van der Waals surface area contributed by atoms with Gasteiger partial charge < -0.3 is 19.5 Å². The zero-order valence-corrected chi connectivity index (χ0v) is 23.8. The van der Waals surface area contributed by atoms with Crippen molar-refractivity contribution < 1.29 is 28.6 Å². The Morgan fingerprint density at radius 2 is 1.80 bits per heavy atom. The number of methoxy groups -OCH3 is 1. The molecule has 0 aliphatic heterocycles. The zero-order valence-electron chi connectivity index (χ0n) is 23.0. The number of nitrogens with zero attached hydrogens (tertiary/aromatic N) is 1. The predicted octanol–water partition coefficient (Wildman–Crippen LogP) is 5.23. The minimum absolute atomic E-state index is 0.264. The fourth-order valence-corrected chi connectivity index (χ4v) is 5.72. The largest absolute Gasteiger partial charge is 0.497 e. The molecular formula is C30H33N3O6S. The maximum absolute atomic E-state index is 13.1. The highest BCUT2D eigenvalue weighted by atomic mass is 32.1. The molecular weight excluding hydrogens is 530 g/mol. The molecule has 0 bridgehead atoms. The van der Waals surface area contributed by atoms with Crippen molar-refractivity contribution in [3.8, 4) is 11.5 Å². The van der Waals surface area contributed by atoms with Crippen molar-refractivity contribution in [2.45, 2.75) is 46.1 Å². The highest BCUT2D eigenvalue weighted by Gasteiger charge is 2.29. The van der Waals surface area contributed by atoms with E-state index in [0.29, 0.717) is 27.8 Å². The fraction of sp³-hybridized carbons (Fsp3) is 0.333. The lowest BCUT2D eigenvalue weighted by Gasteiger charge is -2.18. The van der Waals surface area contributed by atoms with Gasteiger partial charge in [-0.1, -0.05) is 6.92 Å². The second-order valence-electron chi connectivity index (χ2n) is 9.52. The van der Waals surface area contributed by atoms with Gasteiger partial charge in [0, 0.05) is 10.4 Å². The number of ether oxygens (including phenoxy) is 3. The molecule has 1 heterocycles. The first-order valence-electron chi connectivity index (χ1n) is 13.2. The molecule has 0 fully saturated rings. The number of fused-ring (bicyclic) bond motifs is 1. The number of carbonyl (C=O) groups is 3. The monoisotopic (exact) mass is 563 g/mol. The van der Waals surface area contributed by atoms with Crippen LogP contribution in [0, 0.1) is 5.92 Å². The molecule has 2 atom stereocenters. The predicted molar refractivity (Wildman–Crippen MR) is 155 cm³/mol. The lowest BCUT2D eigenvalue weighted by atomic mass is 9.88. The number of carbonyl (C=O) groups excluding carboxylic acids is 3. The van der Waals surface area contributed by atoms with Crippen LogP contribution in [-0.4, -0.2) is 43.8 Å². The van der Waals surface area contributed by atoms with Crippen LogP contribution >= 0.6 is 11.3 Å². The summed E-state index contributed by atoms with van der Waals surface area (Å²) in [6.07, 6.45) is 3.38. The molecule has 1 aliphatic rings. The Balaban J connectivity index is 1.36. The maximum atomic E-state index is 13.1. The van der Waals surface area contributed by atoms with Crippen LogP contribution in [0.1, 0.15) is 63.9 Å². The lowest BCUT2D eigenvalue weighted by Crippen LogP contribution is -2.33. The zero-order chi connectivity index (χ0) is 28.6. The van der Waals surface area contributed by atoms with E-state index in [1.54, 1.807) is 57.4 Å². The third-order valence-corrected chi connectivity index (χ3v) is 7.69. The SMILES string of the molecule is CCOC(=O)c1c(NC(=O)c2ccc(O[C@@H](C)C(=O)N/N=C\c3ccc(OC)cc3)cc2)sc2c1CC[C@H](C)C2. The van der Waals surface area contributed by atoms with Crippen LogP contribution < -0.4 is 20.2 Å². The van der Waals surface area contributed by atoms with Crippen LogP contribution in [0.15, 0.2) is 53.6 Å². The number of esters is 1. The van der Waals surface area contributed by atoms with Gasteiger partial charge in [-0.15, -0.1) is 11.3 Å². The van der Waals surface area contributed by atoms with E-state index in [1.165, 1.54) is 17.6 Å². The molecule has 2 N–H and O–H groups in total. The Hall–Kier alpha value is -4.18. The molecule has 0 unspecified atom stereocenters. The van der Waals surface area contributed by atoms with Crippen LogP contribution in [0.2, 0.25) is 0 Å². The number of nitrogens with one attached hydrogen (secondary N) is 2. The number of rotatable bonds is 10. The molecule has 4 rings (SSSR count). The Morgan fingerprint density at radius 1 is 1.10 bits per heavy atom. The average molecular weight is 564 g/mol. The minimum atomic E-state index is -0.820. The standard InChI is InChI=1S/C30H33N3O6S/c1-5-38-30(36)26-24-15-6-18(2)16-25(24)40-29(26)32-28(35)21-9-13-23(14-10-21)39-19(3)27(34)33-31-17-20-7-11-22(37-4)12-8-20/h7-14,17-19H,5-6,15-16H2,1-4H3,(H,32,35)(H,33,34)/b31-17-/t18-,19-/m0/s1. The van der Waals surface area contributed by atoms with E-state index >= 15 is 0 Å². The summed E-state index contributed by atoms with van der Waals surface area (Å²) in [6, 6.07) is 13.7. The summed E-state index contributed by atoms with van der Waals surface area (Å²) in [5, 5.41) is 7.39. The van der Waals surface area contributed by atoms with Crippen molar-refractivity contribution in [2.24, 2.45) is 11.0 Å². The van der Waals surface area contributed by atoms with Crippen molar-refractivity contribution in [3.05, 3.63) is 75.7 Å². The van der Waals surface area contributed by atoms with E-state index in [9.17, 15) is 14.4 Å². The number of hydrogen-bond acceptors (Lipinski definition) is 8. The van der Waals surface area contributed by atoms with Gasteiger partial charge >= 0.3 is 5.97 Å². The summed E-state index contributed by atoms with van der Waals surface area (Å²) in [4.78, 5) is 39.3. The van der Waals surface area contributed by atoms with E-state index in [1.807, 2.05) is 12.1 Å². The third-order valence-electron chi connectivity index (χ3n) is 6.52. The van der Waals surface area contributed by atoms with Gasteiger partial charge in [0.05, 0.1) is 25.5 Å². The molecule has 210 valence electrons. The Kier molecular flexibility index (Phi) is 9.55. The van der Waals surface area contributed by atoms with Crippen molar-refractivity contribution in [2.75, 3.05) is 19.0 Å². The second kappa shape index (κ2) is 13.3. The second-order valence-corrected chi connectivity index (χ2v) is 10.6. The van der Waals surface area contributed by atoms with E-state index in [-0.39, 0.29) is 12.5 Å². The topological polar surface area (TPSA) is 115 Å². The Morgan fingerprint density at radius 3 is 2.48 bits per heavy atom. The molecule has 2 aromatic carbocycles. The fourth-order valence-electron chi connectivity index (χ4n) is 4.33. The first kappa shape index (κ1) is 28.8. The summed E-state index contributed by atoms with van der Waals surface area (Å²) in [6.45, 7) is 5.82. The first-order chi connectivity index (χ1) is 19.3.